The highest BCUT2D eigenvalue weighted by atomic mass is 32.2. The lowest BCUT2D eigenvalue weighted by Crippen LogP contribution is -2.33. The maximum absolute atomic E-state index is 12.3. The summed E-state index contributed by atoms with van der Waals surface area (Å²) < 4.78 is 6.04. The number of rotatable bonds is 6. The van der Waals surface area contributed by atoms with E-state index in [4.69, 9.17) is 22.1 Å². The minimum Gasteiger partial charge on any atom is -0.489 e. The van der Waals surface area contributed by atoms with Crippen LogP contribution in [0.5, 0.6) is 5.75 Å². The normalized spacial score (nSPS) is 15.4. The second-order valence-corrected chi connectivity index (χ2v) is 7.68. The molecule has 1 amide bonds. The number of aryl methyl sites for hydroxylation is 1. The summed E-state index contributed by atoms with van der Waals surface area (Å²) in [5.74, 6) is -0.748. The zero-order valence-electron chi connectivity index (χ0n) is 14.5. The van der Waals surface area contributed by atoms with Gasteiger partial charge < -0.3 is 9.84 Å². The number of amides is 1. The maximum Gasteiger partial charge on any atom is 0.323 e. The van der Waals surface area contributed by atoms with Crippen molar-refractivity contribution in [3.05, 3.63) is 70.1 Å². The van der Waals surface area contributed by atoms with Gasteiger partial charge in [-0.3, -0.25) is 14.5 Å². The lowest BCUT2D eigenvalue weighted by molar-refractivity contribution is -0.140. The van der Waals surface area contributed by atoms with Gasteiger partial charge in [0.05, 0.1) is 4.91 Å². The Balaban J connectivity index is 1.65. The predicted octanol–water partition coefficient (Wildman–Crippen LogP) is 3.86. The van der Waals surface area contributed by atoms with Crippen LogP contribution in [0.1, 0.15) is 16.7 Å². The van der Waals surface area contributed by atoms with Gasteiger partial charge in [0.25, 0.3) is 5.91 Å². The number of thiocarbonyl (C=S) groups is 1. The molecule has 0 atom stereocenters. The van der Waals surface area contributed by atoms with Crippen LogP contribution in [0.25, 0.3) is 6.08 Å². The zero-order chi connectivity index (χ0) is 19.4. The Bertz CT molecular complexity index is 922. The third-order valence-corrected chi connectivity index (χ3v) is 5.21. The molecule has 0 spiro atoms. The summed E-state index contributed by atoms with van der Waals surface area (Å²) >= 11 is 6.19. The van der Waals surface area contributed by atoms with Gasteiger partial charge in [-0.15, -0.1) is 0 Å². The topological polar surface area (TPSA) is 66.8 Å². The molecule has 27 heavy (non-hydrogen) atoms. The molecule has 7 heteroatoms. The molecule has 1 aliphatic heterocycles. The molecule has 138 valence electrons. The standard InChI is InChI=1S/C20H17NO4S2/c1-13-3-2-4-15(9-13)12-25-16-7-5-14(6-8-16)10-17-19(24)21(11-18(22)23)20(26)27-17/h2-10H,11-12H2,1H3,(H,22,23)/b17-10-. The van der Waals surface area contributed by atoms with Crippen molar-refractivity contribution in [1.82, 2.24) is 4.90 Å². The number of benzene rings is 2. The third-order valence-electron chi connectivity index (χ3n) is 3.83. The number of aliphatic carboxylic acids is 1. The van der Waals surface area contributed by atoms with Crippen LogP contribution in [-0.4, -0.2) is 32.7 Å². The van der Waals surface area contributed by atoms with Crippen LogP contribution < -0.4 is 4.74 Å². The van der Waals surface area contributed by atoms with Crippen LogP contribution in [0.4, 0.5) is 0 Å². The van der Waals surface area contributed by atoms with E-state index in [1.165, 1.54) is 5.56 Å². The second kappa shape index (κ2) is 8.37. The number of carboxylic acids is 1. The van der Waals surface area contributed by atoms with Crippen LogP contribution in [0.2, 0.25) is 0 Å². The van der Waals surface area contributed by atoms with Crippen LogP contribution in [0.3, 0.4) is 0 Å². The van der Waals surface area contributed by atoms with Gasteiger partial charge in [-0.2, -0.15) is 0 Å². The first-order valence-electron chi connectivity index (χ1n) is 8.18. The van der Waals surface area contributed by atoms with E-state index in [-0.39, 0.29) is 10.2 Å². The fourth-order valence-corrected chi connectivity index (χ4v) is 3.81. The van der Waals surface area contributed by atoms with Crippen molar-refractivity contribution in [2.45, 2.75) is 13.5 Å². The number of hydrogen-bond acceptors (Lipinski definition) is 5. The smallest absolute Gasteiger partial charge is 0.323 e. The fraction of sp³-hybridized carbons (Fsp3) is 0.150. The van der Waals surface area contributed by atoms with Gasteiger partial charge in [0.1, 0.15) is 23.2 Å². The number of carbonyl (C=O) groups excluding carboxylic acids is 1. The van der Waals surface area contributed by atoms with Gasteiger partial charge in [-0.05, 0) is 36.3 Å². The van der Waals surface area contributed by atoms with Crippen molar-refractivity contribution in [2.24, 2.45) is 0 Å². The number of nitrogens with zero attached hydrogens (tertiary/aromatic N) is 1. The van der Waals surface area contributed by atoms with Crippen LogP contribution in [0.15, 0.2) is 53.4 Å². The Morgan fingerprint density at radius 2 is 2.00 bits per heavy atom. The summed E-state index contributed by atoms with van der Waals surface area (Å²) in [5, 5.41) is 8.87. The molecule has 0 radical (unpaired) electrons. The summed E-state index contributed by atoms with van der Waals surface area (Å²) in [4.78, 5) is 24.6. The molecule has 0 bridgehead atoms. The van der Waals surface area contributed by atoms with E-state index < -0.39 is 12.5 Å². The highest BCUT2D eigenvalue weighted by molar-refractivity contribution is 8.26. The van der Waals surface area contributed by atoms with Crippen molar-refractivity contribution in [3.8, 4) is 5.75 Å². The molecule has 0 unspecified atom stereocenters. The molecule has 1 saturated heterocycles. The van der Waals surface area contributed by atoms with E-state index in [1.807, 2.05) is 49.4 Å². The molecule has 1 N–H and O–H groups in total. The van der Waals surface area contributed by atoms with Crippen molar-refractivity contribution < 1.29 is 19.4 Å². The van der Waals surface area contributed by atoms with Crippen molar-refractivity contribution in [3.63, 3.8) is 0 Å². The number of thioether (sulfide) groups is 1. The van der Waals surface area contributed by atoms with Crippen LogP contribution in [-0.2, 0) is 16.2 Å². The van der Waals surface area contributed by atoms with Crippen LogP contribution in [0, 0.1) is 6.92 Å². The van der Waals surface area contributed by atoms with E-state index in [0.29, 0.717) is 11.5 Å². The summed E-state index contributed by atoms with van der Waals surface area (Å²) in [7, 11) is 0. The Morgan fingerprint density at radius 3 is 2.67 bits per heavy atom. The average molecular weight is 399 g/mol. The maximum atomic E-state index is 12.3. The van der Waals surface area contributed by atoms with E-state index in [1.54, 1.807) is 6.08 Å². The number of hydrogen-bond donors (Lipinski definition) is 1. The minimum absolute atomic E-state index is 0.256. The average Bonchev–Trinajstić information content (AvgIpc) is 2.88. The molecule has 0 aromatic heterocycles. The van der Waals surface area contributed by atoms with E-state index in [0.717, 1.165) is 33.5 Å². The number of carbonyl (C=O) groups is 2. The minimum atomic E-state index is -1.09. The fourth-order valence-electron chi connectivity index (χ4n) is 2.55. The molecule has 2 aromatic rings. The first-order valence-corrected chi connectivity index (χ1v) is 9.40. The molecule has 3 rings (SSSR count). The molecule has 0 aliphatic carbocycles. The highest BCUT2D eigenvalue weighted by Gasteiger charge is 2.33. The molecule has 5 nitrogen and oxygen atoms in total. The lowest BCUT2D eigenvalue weighted by atomic mass is 10.1. The van der Waals surface area contributed by atoms with Gasteiger partial charge in [0.15, 0.2) is 0 Å². The quantitative estimate of drug-likeness (QED) is 0.588. The van der Waals surface area contributed by atoms with Crippen molar-refractivity contribution >= 4 is 46.3 Å². The SMILES string of the molecule is Cc1cccc(COc2ccc(/C=C3\SC(=S)N(CC(=O)O)C3=O)cc2)c1. The molecule has 1 heterocycles. The van der Waals surface area contributed by atoms with E-state index >= 15 is 0 Å². The van der Waals surface area contributed by atoms with E-state index in [9.17, 15) is 9.59 Å². The van der Waals surface area contributed by atoms with Gasteiger partial charge in [0, 0.05) is 0 Å². The van der Waals surface area contributed by atoms with Crippen LogP contribution >= 0.6 is 24.0 Å². The van der Waals surface area contributed by atoms with Gasteiger partial charge in [0.2, 0.25) is 0 Å². The Labute approximate surface area is 166 Å². The summed E-state index contributed by atoms with van der Waals surface area (Å²) in [6, 6.07) is 15.5. The summed E-state index contributed by atoms with van der Waals surface area (Å²) in [6.07, 6.45) is 1.70. The monoisotopic (exact) mass is 399 g/mol. The molecule has 2 aromatic carbocycles. The van der Waals surface area contributed by atoms with Gasteiger partial charge >= 0.3 is 5.97 Å². The Kier molecular flexibility index (Phi) is 5.93. The first-order chi connectivity index (χ1) is 12.9. The third kappa shape index (κ3) is 4.96. The second-order valence-electron chi connectivity index (χ2n) is 6.01. The number of ether oxygens (including phenoxy) is 1. The largest absolute Gasteiger partial charge is 0.489 e. The van der Waals surface area contributed by atoms with Crippen molar-refractivity contribution in [2.75, 3.05) is 6.54 Å². The Hall–Kier alpha value is -2.64. The lowest BCUT2D eigenvalue weighted by Gasteiger charge is -2.10. The first kappa shape index (κ1) is 19.1. The summed E-state index contributed by atoms with van der Waals surface area (Å²) in [6.45, 7) is 2.10. The summed E-state index contributed by atoms with van der Waals surface area (Å²) in [5.41, 5.74) is 3.10. The Morgan fingerprint density at radius 1 is 1.26 bits per heavy atom. The highest BCUT2D eigenvalue weighted by Crippen LogP contribution is 2.32. The molecular weight excluding hydrogens is 382 g/mol. The van der Waals surface area contributed by atoms with E-state index in [2.05, 4.69) is 6.07 Å². The number of carboxylic acid groups (broad SMARTS) is 1. The van der Waals surface area contributed by atoms with Gasteiger partial charge in [-0.1, -0.05) is 65.9 Å². The van der Waals surface area contributed by atoms with Crippen molar-refractivity contribution in [1.29, 1.82) is 0 Å². The molecular formula is C20H17NO4S2. The molecule has 0 saturated carbocycles. The van der Waals surface area contributed by atoms with Gasteiger partial charge in [-0.25, -0.2) is 0 Å². The predicted molar refractivity (Wildman–Crippen MR) is 109 cm³/mol. The molecule has 1 fully saturated rings. The zero-order valence-corrected chi connectivity index (χ0v) is 16.2. The molecule has 1 aliphatic rings.